The van der Waals surface area contributed by atoms with Crippen molar-refractivity contribution in [2.45, 2.75) is 69.7 Å². The van der Waals surface area contributed by atoms with Crippen molar-refractivity contribution in [1.29, 1.82) is 10.7 Å². The summed E-state index contributed by atoms with van der Waals surface area (Å²) >= 11 is 1.43. The molecule has 1 atom stereocenters. The maximum absolute atomic E-state index is 12.6. The van der Waals surface area contributed by atoms with E-state index in [0.717, 1.165) is 17.7 Å². The maximum Gasteiger partial charge on any atom is 0.410 e. The van der Waals surface area contributed by atoms with Gasteiger partial charge in [-0.25, -0.2) is 19.8 Å². The molecule has 3 N–H and O–H groups in total. The highest BCUT2D eigenvalue weighted by atomic mass is 32.1. The monoisotopic (exact) mass is 622 g/mol. The summed E-state index contributed by atoms with van der Waals surface area (Å²) < 4.78 is 5.52. The lowest BCUT2D eigenvalue weighted by molar-refractivity contribution is -0.166. The Morgan fingerprint density at radius 3 is 2.70 bits per heavy atom. The second-order valence-corrected chi connectivity index (χ2v) is 13.5. The molecular formula is C31H42N8O4S. The number of rotatable bonds is 8. The van der Waals surface area contributed by atoms with Crippen molar-refractivity contribution in [3.63, 3.8) is 0 Å². The summed E-state index contributed by atoms with van der Waals surface area (Å²) in [5, 5.41) is 42.5. The van der Waals surface area contributed by atoms with E-state index < -0.39 is 23.2 Å². The Kier molecular flexibility index (Phi) is 9.77. The summed E-state index contributed by atoms with van der Waals surface area (Å²) in [7, 11) is 3.69. The van der Waals surface area contributed by atoms with Gasteiger partial charge in [0.1, 0.15) is 22.4 Å². The fourth-order valence-electron chi connectivity index (χ4n) is 5.60. The molecule has 44 heavy (non-hydrogen) atoms. The van der Waals surface area contributed by atoms with Crippen molar-refractivity contribution in [3.8, 4) is 6.07 Å². The Bertz CT molecular complexity index is 1470. The van der Waals surface area contributed by atoms with Gasteiger partial charge in [0.25, 0.3) is 0 Å². The minimum atomic E-state index is -2.48. The van der Waals surface area contributed by atoms with Crippen molar-refractivity contribution in [3.05, 3.63) is 46.6 Å². The van der Waals surface area contributed by atoms with Crippen molar-refractivity contribution >= 4 is 40.4 Å². The number of nitrogens with one attached hydrogen (secondary N) is 1. The maximum atomic E-state index is 12.6. The van der Waals surface area contributed by atoms with E-state index >= 15 is 0 Å². The molecule has 1 fully saturated rings. The second-order valence-electron chi connectivity index (χ2n) is 12.5. The van der Waals surface area contributed by atoms with Gasteiger partial charge in [0.15, 0.2) is 0 Å². The van der Waals surface area contributed by atoms with Gasteiger partial charge >= 0.3 is 6.09 Å². The highest BCUT2D eigenvalue weighted by molar-refractivity contribution is 7.16. The van der Waals surface area contributed by atoms with Gasteiger partial charge in [-0.3, -0.25) is 0 Å². The summed E-state index contributed by atoms with van der Waals surface area (Å²) in [6, 6.07) is 3.71. The third-order valence-corrected chi connectivity index (χ3v) is 8.85. The smallest absolute Gasteiger partial charge is 0.410 e. The summed E-state index contributed by atoms with van der Waals surface area (Å²) in [4.78, 5) is 32.2. The van der Waals surface area contributed by atoms with E-state index in [0.29, 0.717) is 61.1 Å². The number of carbonyl (C=O) groups is 1. The van der Waals surface area contributed by atoms with Crippen LogP contribution >= 0.6 is 11.3 Å². The quantitative estimate of drug-likeness (QED) is 0.170. The first-order valence-electron chi connectivity index (χ1n) is 14.7. The molecule has 3 heterocycles. The first kappa shape index (κ1) is 33.0. The SMILES string of the molecule is C=C[C@]1(C(=N)CC(O)(O)c2ccnc(N3CCCN(C(=O)OC(C)(C)C)CC3)n2)CCCc2sc(/N=C/N(C)C)c(C#N)c21. The first-order valence-corrected chi connectivity index (χ1v) is 15.5. The van der Waals surface area contributed by atoms with Gasteiger partial charge in [-0.1, -0.05) is 6.08 Å². The molecule has 0 unspecified atom stereocenters. The van der Waals surface area contributed by atoms with Gasteiger partial charge in [-0.15, -0.1) is 17.9 Å². The number of thiophene rings is 1. The number of aromatic nitrogens is 2. The lowest BCUT2D eigenvalue weighted by Crippen LogP contribution is -2.42. The number of hydrogen-bond donors (Lipinski definition) is 3. The number of aliphatic hydroxyl groups is 2. The number of nitrogens with zero attached hydrogens (tertiary/aromatic N) is 7. The molecule has 13 heteroatoms. The fourth-order valence-corrected chi connectivity index (χ4v) is 6.82. The van der Waals surface area contributed by atoms with Gasteiger partial charge < -0.3 is 35.1 Å². The molecule has 1 saturated heterocycles. The molecular weight excluding hydrogens is 580 g/mol. The van der Waals surface area contributed by atoms with Crippen molar-refractivity contribution in [2.24, 2.45) is 4.99 Å². The van der Waals surface area contributed by atoms with E-state index in [2.05, 4.69) is 27.6 Å². The van der Waals surface area contributed by atoms with E-state index in [-0.39, 0.29) is 17.5 Å². The number of ether oxygens (including phenoxy) is 1. The fraction of sp³-hybridized carbons (Fsp3) is 0.548. The number of carbonyl (C=O) groups excluding carboxylic acids is 1. The summed E-state index contributed by atoms with van der Waals surface area (Å²) in [5.41, 5.74) is -0.592. The molecule has 2 aliphatic rings. The minimum absolute atomic E-state index is 0.0267. The molecule has 0 bridgehead atoms. The van der Waals surface area contributed by atoms with Gasteiger partial charge in [-0.05, 0) is 52.5 Å². The summed E-state index contributed by atoms with van der Waals surface area (Å²) in [5.74, 6) is -2.18. The molecule has 2 aromatic heterocycles. The molecule has 1 amide bonds. The molecule has 0 spiro atoms. The van der Waals surface area contributed by atoms with Gasteiger partial charge in [0, 0.05) is 69.0 Å². The zero-order chi connectivity index (χ0) is 32.3. The largest absolute Gasteiger partial charge is 0.444 e. The highest BCUT2D eigenvalue weighted by Gasteiger charge is 2.45. The number of anilines is 1. The van der Waals surface area contributed by atoms with Crippen LogP contribution in [0.5, 0.6) is 0 Å². The Labute approximate surface area is 262 Å². The molecule has 1 aliphatic heterocycles. The number of fused-ring (bicyclic) bond motifs is 1. The Hall–Kier alpha value is -3.86. The third-order valence-electron chi connectivity index (χ3n) is 7.70. The summed E-state index contributed by atoms with van der Waals surface area (Å²) in [6.45, 7) is 11.5. The molecule has 236 valence electrons. The number of allylic oxidation sites excluding steroid dienone is 1. The second kappa shape index (κ2) is 13.0. The Balaban J connectivity index is 1.56. The van der Waals surface area contributed by atoms with Gasteiger partial charge in [-0.2, -0.15) is 5.26 Å². The normalized spacial score (nSPS) is 19.2. The standard InChI is InChI=1S/C31H42N8O4S/c1-7-30(12-8-10-22-25(30)21(19-32)26(44-22)35-20-37(5)6)23(33)18-31(41,42)24-11-13-34-27(36-24)38-14-9-15-39(17-16-38)28(40)43-29(2,3)4/h7,11,13,20,33,41-42H,1,8-10,12,14-18H2,2-6H3/b33-23?,35-20+/t30-/m1/s1. The van der Waals surface area contributed by atoms with Gasteiger partial charge in [0.05, 0.1) is 17.3 Å². The van der Waals surface area contributed by atoms with Crippen LogP contribution in [0, 0.1) is 16.7 Å². The van der Waals surface area contributed by atoms with Crippen LogP contribution in [0.1, 0.15) is 68.2 Å². The Morgan fingerprint density at radius 1 is 1.30 bits per heavy atom. The minimum Gasteiger partial charge on any atom is -0.444 e. The number of nitriles is 1. The van der Waals surface area contributed by atoms with E-state index in [1.165, 1.54) is 23.6 Å². The molecule has 1 aliphatic carbocycles. The molecule has 0 radical (unpaired) electrons. The molecule has 0 aromatic carbocycles. The van der Waals surface area contributed by atoms with Crippen molar-refractivity contribution in [2.75, 3.05) is 45.2 Å². The van der Waals surface area contributed by atoms with Crippen LogP contribution in [0.4, 0.5) is 15.7 Å². The van der Waals surface area contributed by atoms with Crippen molar-refractivity contribution in [1.82, 2.24) is 19.8 Å². The van der Waals surface area contributed by atoms with Crippen LogP contribution in [0.25, 0.3) is 0 Å². The molecule has 12 nitrogen and oxygen atoms in total. The van der Waals surface area contributed by atoms with Crippen molar-refractivity contribution < 1.29 is 19.7 Å². The molecule has 2 aromatic rings. The van der Waals surface area contributed by atoms with Crippen LogP contribution in [0.3, 0.4) is 0 Å². The van der Waals surface area contributed by atoms with Crippen LogP contribution < -0.4 is 4.90 Å². The van der Waals surface area contributed by atoms with E-state index in [4.69, 9.17) is 4.74 Å². The van der Waals surface area contributed by atoms with Crippen LogP contribution in [0.15, 0.2) is 29.9 Å². The third kappa shape index (κ3) is 7.09. The number of aliphatic imine (C=N–C) groups is 1. The molecule has 4 rings (SSSR count). The van der Waals surface area contributed by atoms with Crippen LogP contribution in [-0.2, 0) is 22.4 Å². The zero-order valence-corrected chi connectivity index (χ0v) is 26.9. The predicted molar refractivity (Wildman–Crippen MR) is 171 cm³/mol. The summed E-state index contributed by atoms with van der Waals surface area (Å²) in [6.07, 6.45) is 6.59. The average Bonchev–Trinajstić information content (AvgIpc) is 3.14. The number of amides is 1. The Morgan fingerprint density at radius 2 is 2.05 bits per heavy atom. The van der Waals surface area contributed by atoms with Crippen LogP contribution in [-0.4, -0.2) is 94.0 Å². The lowest BCUT2D eigenvalue weighted by Gasteiger charge is -2.37. The first-order chi connectivity index (χ1) is 20.7. The van der Waals surface area contributed by atoms with Crippen LogP contribution in [0.2, 0.25) is 0 Å². The number of aryl methyl sites for hydroxylation is 1. The lowest BCUT2D eigenvalue weighted by atomic mass is 9.66. The molecule has 0 saturated carbocycles. The van der Waals surface area contributed by atoms with E-state index in [1.54, 1.807) is 22.2 Å². The number of hydrogen-bond acceptors (Lipinski definition) is 11. The topological polar surface area (TPSA) is 162 Å². The predicted octanol–water partition coefficient (Wildman–Crippen LogP) is 4.09. The van der Waals surface area contributed by atoms with E-state index in [1.807, 2.05) is 39.8 Å². The van der Waals surface area contributed by atoms with Gasteiger partial charge in [0.2, 0.25) is 11.7 Å². The van der Waals surface area contributed by atoms with E-state index in [9.17, 15) is 25.7 Å². The average molecular weight is 623 g/mol. The zero-order valence-electron chi connectivity index (χ0n) is 26.1. The highest BCUT2D eigenvalue weighted by Crippen LogP contribution is 2.49.